The molecule has 1 fully saturated rings. The Bertz CT molecular complexity index is 873. The van der Waals surface area contributed by atoms with Gasteiger partial charge in [-0.3, -0.25) is 4.79 Å². The Morgan fingerprint density at radius 2 is 2.04 bits per heavy atom. The van der Waals surface area contributed by atoms with Crippen LogP contribution in [0.15, 0.2) is 24.4 Å². The summed E-state index contributed by atoms with van der Waals surface area (Å²) < 4.78 is 34.9. The third-order valence-electron chi connectivity index (χ3n) is 4.16. The first-order valence-corrected chi connectivity index (χ1v) is 8.00. The Morgan fingerprint density at radius 3 is 2.73 bits per heavy atom. The standard InChI is InChI=1S/C16H15F2N5O3/c17-16(18)25-11-5-4-9(6-12(11)26-16)22-15-20-7-10(13(19)24)14(23-15)21-8-2-1-3-8/h4-8H,1-3H2,(H2,19,24)(H2,20,21,22,23). The molecule has 2 aromatic rings. The molecule has 1 aliphatic carbocycles. The molecule has 0 spiro atoms. The summed E-state index contributed by atoms with van der Waals surface area (Å²) in [7, 11) is 0. The largest absolute Gasteiger partial charge is 0.586 e. The van der Waals surface area contributed by atoms with Crippen molar-refractivity contribution in [3.05, 3.63) is 30.0 Å². The molecule has 4 rings (SSSR count). The van der Waals surface area contributed by atoms with Crippen LogP contribution in [0.25, 0.3) is 0 Å². The van der Waals surface area contributed by atoms with Gasteiger partial charge in [0.25, 0.3) is 5.91 Å². The Balaban J connectivity index is 1.57. The van der Waals surface area contributed by atoms with E-state index in [9.17, 15) is 13.6 Å². The quantitative estimate of drug-likeness (QED) is 0.749. The van der Waals surface area contributed by atoms with Gasteiger partial charge in [0.2, 0.25) is 5.95 Å². The molecule has 0 radical (unpaired) electrons. The van der Waals surface area contributed by atoms with Gasteiger partial charge in [-0.15, -0.1) is 8.78 Å². The van der Waals surface area contributed by atoms with Gasteiger partial charge >= 0.3 is 6.29 Å². The van der Waals surface area contributed by atoms with Gasteiger partial charge in [-0.25, -0.2) is 4.98 Å². The minimum absolute atomic E-state index is 0.0575. The summed E-state index contributed by atoms with van der Waals surface area (Å²) in [5.41, 5.74) is 5.97. The molecule has 2 aliphatic rings. The molecule has 8 nitrogen and oxygen atoms in total. The van der Waals surface area contributed by atoms with E-state index in [1.165, 1.54) is 24.4 Å². The van der Waals surface area contributed by atoms with E-state index in [1.807, 2.05) is 0 Å². The van der Waals surface area contributed by atoms with Crippen LogP contribution in [-0.2, 0) is 0 Å². The number of hydrogen-bond acceptors (Lipinski definition) is 7. The number of alkyl halides is 2. The molecule has 26 heavy (non-hydrogen) atoms. The van der Waals surface area contributed by atoms with E-state index in [0.717, 1.165) is 19.3 Å². The van der Waals surface area contributed by atoms with Crippen molar-refractivity contribution in [2.75, 3.05) is 10.6 Å². The fourth-order valence-electron chi connectivity index (χ4n) is 2.63. The van der Waals surface area contributed by atoms with E-state index in [2.05, 4.69) is 30.1 Å². The first-order chi connectivity index (χ1) is 12.4. The summed E-state index contributed by atoms with van der Waals surface area (Å²) >= 11 is 0. The number of rotatable bonds is 5. The molecule has 10 heteroatoms. The minimum atomic E-state index is -3.68. The molecule has 1 saturated carbocycles. The van der Waals surface area contributed by atoms with Crippen LogP contribution in [0.4, 0.5) is 26.2 Å². The van der Waals surface area contributed by atoms with Gasteiger partial charge in [0.15, 0.2) is 11.5 Å². The number of carbonyl (C=O) groups excluding carboxylic acids is 1. The zero-order valence-corrected chi connectivity index (χ0v) is 13.5. The van der Waals surface area contributed by atoms with Crippen LogP contribution >= 0.6 is 0 Å². The zero-order chi connectivity index (χ0) is 18.3. The topological polar surface area (TPSA) is 111 Å². The molecular formula is C16H15F2N5O3. The van der Waals surface area contributed by atoms with Gasteiger partial charge in [-0.1, -0.05) is 0 Å². The molecule has 0 saturated heterocycles. The number of primary amides is 1. The van der Waals surface area contributed by atoms with E-state index in [4.69, 9.17) is 5.73 Å². The minimum Gasteiger partial charge on any atom is -0.395 e. The molecule has 1 aliphatic heterocycles. The highest BCUT2D eigenvalue weighted by Crippen LogP contribution is 2.42. The summed E-state index contributed by atoms with van der Waals surface area (Å²) in [6.07, 6.45) is 0.727. The van der Waals surface area contributed by atoms with Gasteiger partial charge in [0, 0.05) is 24.0 Å². The third kappa shape index (κ3) is 3.17. The number of nitrogens with zero attached hydrogens (tertiary/aromatic N) is 2. The molecule has 0 unspecified atom stereocenters. The van der Waals surface area contributed by atoms with Crippen LogP contribution in [0.1, 0.15) is 29.6 Å². The molecular weight excluding hydrogens is 348 g/mol. The lowest BCUT2D eigenvalue weighted by Crippen LogP contribution is -2.29. The first-order valence-electron chi connectivity index (χ1n) is 8.00. The molecule has 4 N–H and O–H groups in total. The summed E-state index contributed by atoms with van der Waals surface area (Å²) in [6.45, 7) is 0. The SMILES string of the molecule is NC(=O)c1cnc(Nc2ccc3c(c2)OC(F)(F)O3)nc1NC1CCC1. The van der Waals surface area contributed by atoms with Crippen molar-refractivity contribution in [1.82, 2.24) is 9.97 Å². The van der Waals surface area contributed by atoms with E-state index >= 15 is 0 Å². The summed E-state index contributed by atoms with van der Waals surface area (Å²) in [5, 5.41) is 6.05. The van der Waals surface area contributed by atoms with Crippen LogP contribution in [0.3, 0.4) is 0 Å². The van der Waals surface area contributed by atoms with Crippen LogP contribution < -0.4 is 25.8 Å². The predicted octanol–water partition coefficient (Wildman–Crippen LogP) is 2.61. The average Bonchev–Trinajstić information content (AvgIpc) is 2.84. The smallest absolute Gasteiger partial charge is 0.395 e. The van der Waals surface area contributed by atoms with E-state index < -0.39 is 12.2 Å². The maximum Gasteiger partial charge on any atom is 0.586 e. The van der Waals surface area contributed by atoms with Crippen LogP contribution in [0.5, 0.6) is 11.5 Å². The second-order valence-corrected chi connectivity index (χ2v) is 6.05. The number of anilines is 3. The number of aromatic nitrogens is 2. The highest BCUT2D eigenvalue weighted by Gasteiger charge is 2.43. The van der Waals surface area contributed by atoms with E-state index in [1.54, 1.807) is 0 Å². The lowest BCUT2D eigenvalue weighted by atomic mass is 9.93. The van der Waals surface area contributed by atoms with Crippen molar-refractivity contribution in [3.8, 4) is 11.5 Å². The fraction of sp³-hybridized carbons (Fsp3) is 0.312. The van der Waals surface area contributed by atoms with Gasteiger partial charge < -0.3 is 25.8 Å². The van der Waals surface area contributed by atoms with Gasteiger partial charge in [0.1, 0.15) is 5.82 Å². The molecule has 1 aromatic carbocycles. The van der Waals surface area contributed by atoms with E-state index in [0.29, 0.717) is 11.5 Å². The van der Waals surface area contributed by atoms with Crippen molar-refractivity contribution < 1.29 is 23.0 Å². The second-order valence-electron chi connectivity index (χ2n) is 6.05. The van der Waals surface area contributed by atoms with Gasteiger partial charge in [0.05, 0.1) is 5.56 Å². The van der Waals surface area contributed by atoms with Crippen LogP contribution in [0, 0.1) is 0 Å². The number of benzene rings is 1. The number of nitrogens with two attached hydrogens (primary N) is 1. The lowest BCUT2D eigenvalue weighted by Gasteiger charge is -2.27. The second kappa shape index (κ2) is 5.97. The number of hydrogen-bond donors (Lipinski definition) is 3. The molecule has 0 atom stereocenters. The number of nitrogens with one attached hydrogen (secondary N) is 2. The molecule has 1 aromatic heterocycles. The highest BCUT2D eigenvalue weighted by atomic mass is 19.3. The Morgan fingerprint density at radius 1 is 1.27 bits per heavy atom. The number of halogens is 2. The Labute approximate surface area is 146 Å². The van der Waals surface area contributed by atoms with Crippen molar-refractivity contribution in [2.45, 2.75) is 31.6 Å². The normalized spacial score (nSPS) is 17.5. The molecule has 136 valence electrons. The van der Waals surface area contributed by atoms with Crippen LogP contribution in [0.2, 0.25) is 0 Å². The van der Waals surface area contributed by atoms with E-state index in [-0.39, 0.29) is 29.1 Å². The van der Waals surface area contributed by atoms with Crippen molar-refractivity contribution >= 4 is 23.4 Å². The van der Waals surface area contributed by atoms with Crippen LogP contribution in [-0.4, -0.2) is 28.2 Å². The van der Waals surface area contributed by atoms with Crippen molar-refractivity contribution in [1.29, 1.82) is 0 Å². The Hall–Kier alpha value is -3.17. The fourth-order valence-corrected chi connectivity index (χ4v) is 2.63. The summed E-state index contributed by atoms with van der Waals surface area (Å²) in [5.74, 6) is -0.266. The highest BCUT2D eigenvalue weighted by molar-refractivity contribution is 5.97. The van der Waals surface area contributed by atoms with Crippen molar-refractivity contribution in [2.24, 2.45) is 5.73 Å². The third-order valence-corrected chi connectivity index (χ3v) is 4.16. The maximum absolute atomic E-state index is 13.1. The van der Waals surface area contributed by atoms with Gasteiger partial charge in [-0.05, 0) is 31.4 Å². The predicted molar refractivity (Wildman–Crippen MR) is 87.7 cm³/mol. The maximum atomic E-state index is 13.1. The number of ether oxygens (including phenoxy) is 2. The van der Waals surface area contributed by atoms with Crippen molar-refractivity contribution in [3.63, 3.8) is 0 Å². The number of fused-ring (bicyclic) bond motifs is 1. The Kier molecular flexibility index (Phi) is 3.74. The molecule has 1 amide bonds. The number of amides is 1. The average molecular weight is 363 g/mol. The summed E-state index contributed by atoms with van der Waals surface area (Å²) in [6, 6.07) is 4.46. The zero-order valence-electron chi connectivity index (χ0n) is 13.5. The molecule has 0 bridgehead atoms. The first kappa shape index (κ1) is 16.3. The van der Waals surface area contributed by atoms with Gasteiger partial charge in [-0.2, -0.15) is 4.98 Å². The monoisotopic (exact) mass is 363 g/mol. The number of carbonyl (C=O) groups is 1. The lowest BCUT2D eigenvalue weighted by molar-refractivity contribution is -0.286. The molecule has 2 heterocycles. The summed E-state index contributed by atoms with van der Waals surface area (Å²) in [4.78, 5) is 19.9.